The summed E-state index contributed by atoms with van der Waals surface area (Å²) in [6.45, 7) is 2.65. The molecule has 1 aromatic carbocycles. The predicted octanol–water partition coefficient (Wildman–Crippen LogP) is 1.82. The quantitative estimate of drug-likeness (QED) is 0.830. The van der Waals surface area contributed by atoms with E-state index in [2.05, 4.69) is 15.9 Å². The number of nitrogen functional groups attached to an aromatic ring is 1. The van der Waals surface area contributed by atoms with Crippen LogP contribution in [0.1, 0.15) is 17.3 Å². The largest absolute Gasteiger partial charge is 0.481 e. The highest BCUT2D eigenvalue weighted by molar-refractivity contribution is 9.10. The molecule has 1 aliphatic rings. The molecule has 6 heteroatoms. The molecule has 0 radical (unpaired) electrons. The number of nitrogens with two attached hydrogens (primary N) is 1. The molecule has 102 valence electrons. The Hall–Kier alpha value is -1.56. The molecule has 2 rings (SSSR count). The molecule has 19 heavy (non-hydrogen) atoms. The number of likely N-dealkylation sites (tertiary alicyclic amines) is 1. The molecule has 0 bridgehead atoms. The fraction of sp³-hybridized carbons (Fsp3) is 0.385. The van der Waals surface area contributed by atoms with Crippen LogP contribution in [-0.2, 0) is 4.79 Å². The summed E-state index contributed by atoms with van der Waals surface area (Å²) in [6.07, 6.45) is 0. The van der Waals surface area contributed by atoms with Crippen molar-refractivity contribution < 1.29 is 14.7 Å². The molecular formula is C13H15BrN2O3. The third-order valence-corrected chi connectivity index (χ3v) is 4.26. The molecule has 3 N–H and O–H groups in total. The molecule has 1 amide bonds. The van der Waals surface area contributed by atoms with Crippen molar-refractivity contribution in [2.45, 2.75) is 6.92 Å². The van der Waals surface area contributed by atoms with E-state index in [9.17, 15) is 9.59 Å². The maximum absolute atomic E-state index is 12.1. The summed E-state index contributed by atoms with van der Waals surface area (Å²) < 4.78 is 0.755. The van der Waals surface area contributed by atoms with Gasteiger partial charge in [0, 0.05) is 34.7 Å². The minimum absolute atomic E-state index is 0.0363. The zero-order valence-corrected chi connectivity index (χ0v) is 12.1. The molecule has 1 fully saturated rings. The standard InChI is InChI=1S/C13H15BrN2O3/c1-7(13(18)19)9-5-16(6-9)12(17)8-2-3-10(14)11(15)4-8/h2-4,7,9H,5-6,15H2,1H3,(H,18,19). The van der Waals surface area contributed by atoms with Gasteiger partial charge in [-0.15, -0.1) is 0 Å². The van der Waals surface area contributed by atoms with Gasteiger partial charge in [0.2, 0.25) is 0 Å². The Morgan fingerprint density at radius 1 is 1.47 bits per heavy atom. The number of carbonyl (C=O) groups excluding carboxylic acids is 1. The number of carboxylic acids is 1. The van der Waals surface area contributed by atoms with Crippen LogP contribution >= 0.6 is 15.9 Å². The number of amides is 1. The van der Waals surface area contributed by atoms with Crippen LogP contribution in [0.4, 0.5) is 5.69 Å². The smallest absolute Gasteiger partial charge is 0.306 e. The maximum Gasteiger partial charge on any atom is 0.306 e. The normalized spacial score (nSPS) is 16.8. The first-order valence-electron chi connectivity index (χ1n) is 5.97. The van der Waals surface area contributed by atoms with Crippen LogP contribution in [0.15, 0.2) is 22.7 Å². The molecule has 0 aliphatic carbocycles. The summed E-state index contributed by atoms with van der Waals surface area (Å²) in [5.74, 6) is -1.30. The van der Waals surface area contributed by atoms with Crippen LogP contribution in [0, 0.1) is 11.8 Å². The van der Waals surface area contributed by atoms with Crippen molar-refractivity contribution in [3.05, 3.63) is 28.2 Å². The van der Waals surface area contributed by atoms with Gasteiger partial charge >= 0.3 is 5.97 Å². The molecule has 5 nitrogen and oxygen atoms in total. The highest BCUT2D eigenvalue weighted by Gasteiger charge is 2.37. The Bertz CT molecular complexity index is 527. The van der Waals surface area contributed by atoms with Gasteiger partial charge in [-0.2, -0.15) is 0 Å². The molecule has 1 aromatic rings. The van der Waals surface area contributed by atoms with E-state index >= 15 is 0 Å². The number of carbonyl (C=O) groups is 2. The second-order valence-electron chi connectivity index (χ2n) is 4.83. The lowest BCUT2D eigenvalue weighted by Gasteiger charge is -2.41. The van der Waals surface area contributed by atoms with Gasteiger partial charge in [-0.3, -0.25) is 9.59 Å². The summed E-state index contributed by atoms with van der Waals surface area (Å²) in [4.78, 5) is 24.6. The second kappa shape index (κ2) is 5.21. The van der Waals surface area contributed by atoms with Gasteiger partial charge < -0.3 is 15.7 Å². The minimum Gasteiger partial charge on any atom is -0.481 e. The fourth-order valence-electron chi connectivity index (χ4n) is 2.06. The van der Waals surface area contributed by atoms with Gasteiger partial charge in [-0.25, -0.2) is 0 Å². The highest BCUT2D eigenvalue weighted by Crippen LogP contribution is 2.27. The van der Waals surface area contributed by atoms with E-state index in [0.29, 0.717) is 24.3 Å². The van der Waals surface area contributed by atoms with Gasteiger partial charge in [-0.05, 0) is 34.1 Å². The Labute approximate surface area is 119 Å². The van der Waals surface area contributed by atoms with Gasteiger partial charge in [-0.1, -0.05) is 6.92 Å². The van der Waals surface area contributed by atoms with Gasteiger partial charge in [0.05, 0.1) is 5.92 Å². The van der Waals surface area contributed by atoms with Crippen LogP contribution < -0.4 is 5.73 Å². The lowest BCUT2D eigenvalue weighted by molar-refractivity contribution is -0.144. The van der Waals surface area contributed by atoms with Crippen molar-refractivity contribution in [1.82, 2.24) is 4.90 Å². The van der Waals surface area contributed by atoms with E-state index in [4.69, 9.17) is 10.8 Å². The van der Waals surface area contributed by atoms with Gasteiger partial charge in [0.15, 0.2) is 0 Å². The zero-order chi connectivity index (χ0) is 14.2. The molecule has 0 spiro atoms. The third kappa shape index (κ3) is 2.73. The number of anilines is 1. The molecule has 0 saturated carbocycles. The van der Waals surface area contributed by atoms with Crippen molar-refractivity contribution in [2.75, 3.05) is 18.8 Å². The Balaban J connectivity index is 2.00. The number of hydrogen-bond donors (Lipinski definition) is 2. The number of rotatable bonds is 3. The first-order valence-corrected chi connectivity index (χ1v) is 6.76. The van der Waals surface area contributed by atoms with Crippen LogP contribution in [0.25, 0.3) is 0 Å². The summed E-state index contributed by atoms with van der Waals surface area (Å²) in [6, 6.07) is 5.07. The van der Waals surface area contributed by atoms with E-state index in [0.717, 1.165) is 4.47 Å². The zero-order valence-electron chi connectivity index (χ0n) is 10.5. The molecule has 1 saturated heterocycles. The van der Waals surface area contributed by atoms with Crippen molar-refractivity contribution in [3.8, 4) is 0 Å². The van der Waals surface area contributed by atoms with Crippen molar-refractivity contribution in [1.29, 1.82) is 0 Å². The molecule has 1 heterocycles. The lowest BCUT2D eigenvalue weighted by Crippen LogP contribution is -2.53. The van der Waals surface area contributed by atoms with E-state index < -0.39 is 11.9 Å². The first kappa shape index (κ1) is 13.9. The lowest BCUT2D eigenvalue weighted by atomic mass is 9.86. The van der Waals surface area contributed by atoms with Crippen molar-refractivity contribution in [2.24, 2.45) is 11.8 Å². The number of hydrogen-bond acceptors (Lipinski definition) is 3. The Kier molecular flexibility index (Phi) is 3.80. The van der Waals surface area contributed by atoms with E-state index in [-0.39, 0.29) is 11.8 Å². The minimum atomic E-state index is -0.815. The molecule has 0 aromatic heterocycles. The Morgan fingerprint density at radius 3 is 2.63 bits per heavy atom. The van der Waals surface area contributed by atoms with Crippen molar-refractivity contribution in [3.63, 3.8) is 0 Å². The topological polar surface area (TPSA) is 83.6 Å². The third-order valence-electron chi connectivity index (χ3n) is 3.54. The van der Waals surface area contributed by atoms with Gasteiger partial charge in [0.1, 0.15) is 0 Å². The molecule has 1 aliphatic heterocycles. The molecule has 1 atom stereocenters. The number of benzene rings is 1. The van der Waals surface area contributed by atoms with Crippen molar-refractivity contribution >= 4 is 33.5 Å². The highest BCUT2D eigenvalue weighted by atomic mass is 79.9. The average Bonchev–Trinajstić information content (AvgIpc) is 2.30. The summed E-state index contributed by atoms with van der Waals surface area (Å²) >= 11 is 3.28. The van der Waals surface area contributed by atoms with E-state index in [1.807, 2.05) is 0 Å². The average molecular weight is 327 g/mol. The number of aliphatic carboxylic acids is 1. The SMILES string of the molecule is CC(C(=O)O)C1CN(C(=O)c2ccc(Br)c(N)c2)C1. The maximum atomic E-state index is 12.1. The first-order chi connectivity index (χ1) is 8.90. The van der Waals surface area contributed by atoms with E-state index in [1.165, 1.54) is 0 Å². The predicted molar refractivity (Wildman–Crippen MR) is 74.7 cm³/mol. The van der Waals surface area contributed by atoms with Gasteiger partial charge in [0.25, 0.3) is 5.91 Å². The van der Waals surface area contributed by atoms with Crippen LogP contribution in [0.3, 0.4) is 0 Å². The van der Waals surface area contributed by atoms with Crippen LogP contribution in [0.2, 0.25) is 0 Å². The molecular weight excluding hydrogens is 312 g/mol. The Morgan fingerprint density at radius 2 is 2.11 bits per heavy atom. The number of carboxylic acid groups (broad SMARTS) is 1. The monoisotopic (exact) mass is 326 g/mol. The number of halogens is 1. The van der Waals surface area contributed by atoms with E-state index in [1.54, 1.807) is 30.0 Å². The second-order valence-corrected chi connectivity index (χ2v) is 5.69. The molecule has 1 unspecified atom stereocenters. The van der Waals surface area contributed by atoms with Crippen LogP contribution in [0.5, 0.6) is 0 Å². The summed E-state index contributed by atoms with van der Waals surface area (Å²) in [5.41, 5.74) is 6.78. The fourth-order valence-corrected chi connectivity index (χ4v) is 2.30. The van der Waals surface area contributed by atoms with Crippen LogP contribution in [-0.4, -0.2) is 35.0 Å². The summed E-state index contributed by atoms with van der Waals surface area (Å²) in [7, 11) is 0. The number of nitrogens with zero attached hydrogens (tertiary/aromatic N) is 1. The summed E-state index contributed by atoms with van der Waals surface area (Å²) in [5, 5.41) is 8.90.